The Labute approximate surface area is 197 Å². The summed E-state index contributed by atoms with van der Waals surface area (Å²) >= 11 is 0. The van der Waals surface area contributed by atoms with Gasteiger partial charge in [0.05, 0.1) is 18.1 Å². The van der Waals surface area contributed by atoms with Crippen LogP contribution in [0.4, 0.5) is 4.39 Å². The van der Waals surface area contributed by atoms with Crippen LogP contribution in [-0.4, -0.2) is 40.2 Å². The maximum Gasteiger partial charge on any atom is 0.258 e. The molecule has 0 unspecified atom stereocenters. The molecule has 1 aromatic heterocycles. The number of pyridine rings is 1. The minimum Gasteiger partial charge on any atom is -0.396 e. The molecule has 2 aromatic carbocycles. The van der Waals surface area contributed by atoms with Crippen molar-refractivity contribution in [1.82, 2.24) is 14.8 Å². The van der Waals surface area contributed by atoms with Crippen molar-refractivity contribution in [3.8, 4) is 11.1 Å². The predicted molar refractivity (Wildman–Crippen MR) is 127 cm³/mol. The minimum absolute atomic E-state index is 0.0757. The number of nitrogens with zero attached hydrogens (tertiary/aromatic N) is 2. The molecule has 7 heteroatoms. The number of aliphatic hydroxyl groups is 1. The first-order valence-corrected chi connectivity index (χ1v) is 11.6. The average Bonchev–Trinajstić information content (AvgIpc) is 3.35. The van der Waals surface area contributed by atoms with Crippen LogP contribution in [0.1, 0.15) is 30.3 Å². The summed E-state index contributed by atoms with van der Waals surface area (Å²) in [5, 5.41) is 13.4. The minimum atomic E-state index is -0.502. The van der Waals surface area contributed by atoms with E-state index in [0.717, 1.165) is 11.3 Å². The lowest BCUT2D eigenvalue weighted by molar-refractivity contribution is -0.127. The molecule has 5 atom stereocenters. The lowest BCUT2D eigenvalue weighted by atomic mass is 9.88. The number of aromatic nitrogens is 1. The number of benzene rings is 2. The van der Waals surface area contributed by atoms with Crippen molar-refractivity contribution in [2.75, 3.05) is 13.7 Å². The molecule has 5 rings (SSSR count). The molecule has 3 heterocycles. The first kappa shape index (κ1) is 22.5. The largest absolute Gasteiger partial charge is 0.396 e. The van der Waals surface area contributed by atoms with Crippen molar-refractivity contribution in [3.63, 3.8) is 0 Å². The molecular weight excluding hydrogens is 433 g/mol. The van der Waals surface area contributed by atoms with Gasteiger partial charge in [0.1, 0.15) is 5.82 Å². The highest BCUT2D eigenvalue weighted by atomic mass is 19.1. The third kappa shape index (κ3) is 3.65. The molecule has 0 aliphatic carbocycles. The SMILES string of the molecule is C[C@H](NC(=O)[C@H]1[C@H](CO)[C@H]2Cn3c(ccc(-c4cccc(F)c4)c3=O)[C@H]2N1C)c1ccccc1. The number of likely N-dealkylation sites (tertiary alicyclic amines) is 1. The fourth-order valence-corrected chi connectivity index (χ4v) is 5.77. The first-order chi connectivity index (χ1) is 16.4. The highest BCUT2D eigenvalue weighted by molar-refractivity contribution is 5.83. The number of carbonyl (C=O) groups is 1. The first-order valence-electron chi connectivity index (χ1n) is 11.6. The molecular formula is C27H28FN3O3. The van der Waals surface area contributed by atoms with Crippen LogP contribution in [0.15, 0.2) is 71.5 Å². The van der Waals surface area contributed by atoms with Gasteiger partial charge >= 0.3 is 0 Å². The highest BCUT2D eigenvalue weighted by Crippen LogP contribution is 2.48. The molecule has 1 amide bonds. The van der Waals surface area contributed by atoms with Crippen LogP contribution in [0.25, 0.3) is 11.1 Å². The normalized spacial score (nSPS) is 24.5. The molecule has 176 valence electrons. The second-order valence-electron chi connectivity index (χ2n) is 9.30. The Bertz CT molecular complexity index is 1280. The van der Waals surface area contributed by atoms with Gasteiger partial charge in [-0.25, -0.2) is 4.39 Å². The van der Waals surface area contributed by atoms with E-state index in [1.165, 1.54) is 12.1 Å². The lowest BCUT2D eigenvalue weighted by Gasteiger charge is -2.28. The van der Waals surface area contributed by atoms with Gasteiger partial charge in [-0.15, -0.1) is 0 Å². The van der Waals surface area contributed by atoms with Gasteiger partial charge in [0.15, 0.2) is 0 Å². The van der Waals surface area contributed by atoms with E-state index in [0.29, 0.717) is 17.7 Å². The van der Waals surface area contributed by atoms with Gasteiger partial charge in [-0.1, -0.05) is 42.5 Å². The lowest BCUT2D eigenvalue weighted by Crippen LogP contribution is -2.47. The topological polar surface area (TPSA) is 74.6 Å². The van der Waals surface area contributed by atoms with Crippen LogP contribution < -0.4 is 10.9 Å². The van der Waals surface area contributed by atoms with Crippen molar-refractivity contribution >= 4 is 5.91 Å². The summed E-state index contributed by atoms with van der Waals surface area (Å²) in [6, 6.07) is 18.6. The van der Waals surface area contributed by atoms with Gasteiger partial charge in [-0.2, -0.15) is 0 Å². The third-order valence-corrected chi connectivity index (χ3v) is 7.42. The smallest absolute Gasteiger partial charge is 0.258 e. The molecule has 2 N–H and O–H groups in total. The fourth-order valence-electron chi connectivity index (χ4n) is 5.77. The number of carbonyl (C=O) groups excluding carboxylic acids is 1. The van der Waals surface area contributed by atoms with E-state index in [1.54, 1.807) is 22.8 Å². The summed E-state index contributed by atoms with van der Waals surface area (Å²) in [5.74, 6) is -0.904. The van der Waals surface area contributed by atoms with Crippen LogP contribution in [-0.2, 0) is 11.3 Å². The van der Waals surface area contributed by atoms with E-state index >= 15 is 0 Å². The standard InChI is InChI=1S/C27H28FN3O3/c1-16(17-7-4-3-5-8-17)29-26(33)25-22(15-32)21-14-31-23(24(21)30(25)2)12-11-20(27(31)34)18-9-6-10-19(28)13-18/h3-13,16,21-22,24-25,32H,14-15H2,1-2H3,(H,29,33)/t16-,21+,22+,24-,25+/m0/s1. The molecule has 2 aliphatic heterocycles. The average molecular weight is 462 g/mol. The Balaban J connectivity index is 1.43. The van der Waals surface area contributed by atoms with E-state index in [9.17, 15) is 19.1 Å². The zero-order valence-electron chi connectivity index (χ0n) is 19.2. The quantitative estimate of drug-likeness (QED) is 0.612. The summed E-state index contributed by atoms with van der Waals surface area (Å²) in [4.78, 5) is 28.6. The summed E-state index contributed by atoms with van der Waals surface area (Å²) in [5.41, 5.74) is 2.64. The molecule has 1 fully saturated rings. The Morgan fingerprint density at radius 3 is 2.62 bits per heavy atom. The number of amides is 1. The maximum absolute atomic E-state index is 13.7. The number of aliphatic hydroxyl groups excluding tert-OH is 1. The van der Waals surface area contributed by atoms with Crippen LogP contribution in [0.5, 0.6) is 0 Å². The van der Waals surface area contributed by atoms with Crippen molar-refractivity contribution in [2.45, 2.75) is 31.6 Å². The van der Waals surface area contributed by atoms with E-state index in [2.05, 4.69) is 5.32 Å². The summed E-state index contributed by atoms with van der Waals surface area (Å²) in [6.45, 7) is 2.21. The van der Waals surface area contributed by atoms with Gasteiger partial charge in [0.25, 0.3) is 5.56 Å². The van der Waals surface area contributed by atoms with Crippen LogP contribution in [0.2, 0.25) is 0 Å². The Morgan fingerprint density at radius 1 is 1.15 bits per heavy atom. The van der Waals surface area contributed by atoms with Crippen LogP contribution >= 0.6 is 0 Å². The number of nitrogens with one attached hydrogen (secondary N) is 1. The highest BCUT2D eigenvalue weighted by Gasteiger charge is 2.54. The Hall–Kier alpha value is -3.29. The van der Waals surface area contributed by atoms with Crippen molar-refractivity contribution < 1.29 is 14.3 Å². The van der Waals surface area contributed by atoms with Crippen LogP contribution in [0.3, 0.4) is 0 Å². The summed E-state index contributed by atoms with van der Waals surface area (Å²) in [7, 11) is 1.88. The van der Waals surface area contributed by atoms with Gasteiger partial charge in [-0.05, 0) is 49.4 Å². The molecule has 1 saturated heterocycles. The fraction of sp³-hybridized carbons (Fsp3) is 0.333. The molecule has 0 radical (unpaired) electrons. The third-order valence-electron chi connectivity index (χ3n) is 7.42. The monoisotopic (exact) mass is 461 g/mol. The number of likely N-dealkylation sites (N-methyl/N-ethyl adjacent to an activating group) is 1. The number of rotatable bonds is 5. The second-order valence-corrected chi connectivity index (χ2v) is 9.30. The summed E-state index contributed by atoms with van der Waals surface area (Å²) in [6.07, 6.45) is 0. The second kappa shape index (κ2) is 8.81. The van der Waals surface area contributed by atoms with Gasteiger partial charge in [0, 0.05) is 36.2 Å². The van der Waals surface area contributed by atoms with E-state index < -0.39 is 11.9 Å². The molecule has 6 nitrogen and oxygen atoms in total. The van der Waals surface area contributed by atoms with Crippen molar-refractivity contribution in [2.24, 2.45) is 11.8 Å². The van der Waals surface area contributed by atoms with Gasteiger partial charge in [-0.3, -0.25) is 14.5 Å². The molecule has 0 saturated carbocycles. The zero-order valence-corrected chi connectivity index (χ0v) is 19.2. The van der Waals surface area contributed by atoms with Crippen molar-refractivity contribution in [1.29, 1.82) is 0 Å². The molecule has 0 bridgehead atoms. The summed E-state index contributed by atoms with van der Waals surface area (Å²) < 4.78 is 15.4. The van der Waals surface area contributed by atoms with Crippen molar-refractivity contribution in [3.05, 3.63) is 94.2 Å². The number of halogens is 1. The van der Waals surface area contributed by atoms with Gasteiger partial charge in [0.2, 0.25) is 5.91 Å². The van der Waals surface area contributed by atoms with E-state index in [1.807, 2.05) is 55.3 Å². The molecule has 34 heavy (non-hydrogen) atoms. The van der Waals surface area contributed by atoms with Gasteiger partial charge < -0.3 is 15.0 Å². The Morgan fingerprint density at radius 2 is 1.91 bits per heavy atom. The maximum atomic E-state index is 13.7. The zero-order chi connectivity index (χ0) is 24.0. The Kier molecular flexibility index (Phi) is 5.83. The van der Waals surface area contributed by atoms with Crippen LogP contribution in [0, 0.1) is 17.7 Å². The molecule has 0 spiro atoms. The molecule has 2 aliphatic rings. The van der Waals surface area contributed by atoms with E-state index in [-0.39, 0.29) is 42.0 Å². The number of hydrogen-bond donors (Lipinski definition) is 2. The van der Waals surface area contributed by atoms with E-state index in [4.69, 9.17) is 0 Å². The molecule has 3 aromatic rings. The number of fused-ring (bicyclic) bond motifs is 3. The number of hydrogen-bond acceptors (Lipinski definition) is 4. The predicted octanol–water partition coefficient (Wildman–Crippen LogP) is 3.13.